The maximum Gasteiger partial charge on any atom is 0.394 e. The summed E-state index contributed by atoms with van der Waals surface area (Å²) in [5.74, 6) is -2.73. The average Bonchev–Trinajstić information content (AvgIpc) is 2.81. The van der Waals surface area contributed by atoms with Crippen molar-refractivity contribution in [1.29, 1.82) is 0 Å². The lowest BCUT2D eigenvalue weighted by molar-refractivity contribution is -0.170. The summed E-state index contributed by atoms with van der Waals surface area (Å²) < 4.78 is 69.3. The van der Waals surface area contributed by atoms with Crippen LogP contribution in [-0.4, -0.2) is 74.9 Å². The third-order valence-corrected chi connectivity index (χ3v) is 5.73. The number of hydrogen-bond acceptors (Lipinski definition) is 4. The van der Waals surface area contributed by atoms with Gasteiger partial charge in [-0.05, 0) is 13.8 Å². The van der Waals surface area contributed by atoms with Crippen LogP contribution in [0.3, 0.4) is 0 Å². The van der Waals surface area contributed by atoms with E-state index in [0.717, 1.165) is 9.21 Å². The van der Waals surface area contributed by atoms with Gasteiger partial charge in [0.15, 0.2) is 0 Å². The molecule has 0 aromatic carbocycles. The molecule has 0 aromatic rings. The van der Waals surface area contributed by atoms with Crippen LogP contribution in [0.1, 0.15) is 13.8 Å². The van der Waals surface area contributed by atoms with Crippen LogP contribution in [0.25, 0.3) is 0 Å². The van der Waals surface area contributed by atoms with E-state index in [1.165, 1.54) is 14.1 Å². The largest absolute Gasteiger partial charge is 0.394 e. The van der Waals surface area contributed by atoms with E-state index in [9.17, 15) is 26.4 Å². The molecule has 0 radical (unpaired) electrons. The maximum absolute atomic E-state index is 13.1. The van der Waals surface area contributed by atoms with Crippen molar-refractivity contribution < 1.29 is 31.1 Å². The van der Waals surface area contributed by atoms with Crippen molar-refractivity contribution in [3.8, 4) is 0 Å². The van der Waals surface area contributed by atoms with Gasteiger partial charge in [-0.25, -0.2) is 12.7 Å². The van der Waals surface area contributed by atoms with Crippen LogP contribution in [0.5, 0.6) is 0 Å². The second-order valence-electron chi connectivity index (χ2n) is 5.67. The Bertz CT molecular complexity index is 505. The van der Waals surface area contributed by atoms with Crippen molar-refractivity contribution in [3.63, 3.8) is 0 Å². The third kappa shape index (κ3) is 4.32. The molecule has 1 rings (SSSR count). The number of sulfonamides is 1. The van der Waals surface area contributed by atoms with E-state index in [4.69, 9.17) is 4.74 Å². The number of amides is 1. The number of carbonyl (C=O) groups is 1. The number of rotatable bonds is 5. The van der Waals surface area contributed by atoms with E-state index < -0.39 is 46.4 Å². The Morgan fingerprint density at radius 2 is 1.86 bits per heavy atom. The molecule has 0 aromatic heterocycles. The second kappa shape index (κ2) is 6.71. The van der Waals surface area contributed by atoms with Crippen LogP contribution in [0.4, 0.5) is 13.2 Å². The van der Waals surface area contributed by atoms with Crippen molar-refractivity contribution in [1.82, 2.24) is 9.21 Å². The van der Waals surface area contributed by atoms with Crippen LogP contribution in [0.15, 0.2) is 0 Å². The van der Waals surface area contributed by atoms with Gasteiger partial charge >= 0.3 is 6.18 Å². The van der Waals surface area contributed by atoms with Gasteiger partial charge in [0, 0.05) is 27.2 Å². The summed E-state index contributed by atoms with van der Waals surface area (Å²) in [6, 6.07) is 0. The summed E-state index contributed by atoms with van der Waals surface area (Å²) in [6.07, 6.45) is -4.94. The molecular weight excluding hydrogens is 325 g/mol. The van der Waals surface area contributed by atoms with Crippen LogP contribution >= 0.6 is 0 Å². The number of hydrogen-bond donors (Lipinski definition) is 0. The van der Waals surface area contributed by atoms with Gasteiger partial charge in [0.1, 0.15) is 11.9 Å². The first-order valence-corrected chi connectivity index (χ1v) is 8.25. The standard InChI is InChI=1S/C12H21F3N2O4S/c1-8(2)21-7-11(18)17-5-9(12(13,14)15)10(6-17)22(19,20)16(3)4/h8-10H,5-7H2,1-4H3/t9-,10-/m0/s1. The molecule has 22 heavy (non-hydrogen) atoms. The molecule has 1 heterocycles. The molecule has 0 spiro atoms. The highest BCUT2D eigenvalue weighted by atomic mass is 32.2. The zero-order chi connectivity index (χ0) is 17.3. The number of nitrogens with zero attached hydrogens (tertiary/aromatic N) is 2. The van der Waals surface area contributed by atoms with Crippen LogP contribution in [0.2, 0.25) is 0 Å². The van der Waals surface area contributed by atoms with Gasteiger partial charge in [0.05, 0.1) is 12.0 Å². The summed E-state index contributed by atoms with van der Waals surface area (Å²) >= 11 is 0. The topological polar surface area (TPSA) is 66.9 Å². The van der Waals surface area contributed by atoms with Crippen molar-refractivity contribution in [2.75, 3.05) is 33.8 Å². The number of halogens is 3. The summed E-state index contributed by atoms with van der Waals surface area (Å²) in [5.41, 5.74) is 0. The fourth-order valence-electron chi connectivity index (χ4n) is 2.19. The highest BCUT2D eigenvalue weighted by Gasteiger charge is 2.55. The molecule has 0 N–H and O–H groups in total. The molecule has 0 unspecified atom stereocenters. The summed E-state index contributed by atoms with van der Waals surface area (Å²) in [4.78, 5) is 12.8. The number of carbonyl (C=O) groups excluding carboxylic acids is 1. The first-order valence-electron chi connectivity index (χ1n) is 6.74. The Balaban J connectivity index is 2.96. The van der Waals surface area contributed by atoms with Gasteiger partial charge in [0.25, 0.3) is 0 Å². The number of likely N-dealkylation sites (tertiary alicyclic amines) is 1. The molecule has 0 bridgehead atoms. The Hall–Kier alpha value is -0.870. The summed E-state index contributed by atoms with van der Waals surface area (Å²) in [7, 11) is -1.78. The molecule has 1 amide bonds. The normalized spacial score (nSPS) is 23.6. The Morgan fingerprint density at radius 1 is 1.32 bits per heavy atom. The van der Waals surface area contributed by atoms with Gasteiger partial charge in [-0.3, -0.25) is 4.79 Å². The molecule has 2 atom stereocenters. The van der Waals surface area contributed by atoms with Crippen LogP contribution < -0.4 is 0 Å². The molecule has 0 aliphatic carbocycles. The number of alkyl halides is 3. The van der Waals surface area contributed by atoms with E-state index in [1.54, 1.807) is 13.8 Å². The van der Waals surface area contributed by atoms with E-state index in [2.05, 4.69) is 0 Å². The van der Waals surface area contributed by atoms with Gasteiger partial charge in [-0.1, -0.05) is 0 Å². The summed E-state index contributed by atoms with van der Waals surface area (Å²) in [5, 5.41) is -1.69. The van der Waals surface area contributed by atoms with Crippen molar-refractivity contribution in [3.05, 3.63) is 0 Å². The van der Waals surface area contributed by atoms with Crippen molar-refractivity contribution in [2.45, 2.75) is 31.4 Å². The molecule has 130 valence electrons. The second-order valence-corrected chi connectivity index (χ2v) is 8.04. The molecule has 1 aliphatic heterocycles. The monoisotopic (exact) mass is 346 g/mol. The first kappa shape index (κ1) is 19.2. The maximum atomic E-state index is 13.1. The predicted molar refractivity (Wildman–Crippen MR) is 73.6 cm³/mol. The van der Waals surface area contributed by atoms with Gasteiger partial charge in [-0.2, -0.15) is 13.2 Å². The van der Waals surface area contributed by atoms with Gasteiger partial charge in [0.2, 0.25) is 15.9 Å². The smallest absolute Gasteiger partial charge is 0.369 e. The van der Waals surface area contributed by atoms with Crippen LogP contribution in [0, 0.1) is 5.92 Å². The minimum Gasteiger partial charge on any atom is -0.369 e. The van der Waals surface area contributed by atoms with E-state index in [0.29, 0.717) is 0 Å². The Labute approximate surface area is 128 Å². The number of ether oxygens (including phenoxy) is 1. The highest BCUT2D eigenvalue weighted by molar-refractivity contribution is 7.89. The van der Waals surface area contributed by atoms with Crippen molar-refractivity contribution >= 4 is 15.9 Å². The fraction of sp³-hybridized carbons (Fsp3) is 0.917. The lowest BCUT2D eigenvalue weighted by atomic mass is 10.1. The minimum atomic E-state index is -4.69. The zero-order valence-electron chi connectivity index (χ0n) is 12.9. The Morgan fingerprint density at radius 3 is 2.27 bits per heavy atom. The van der Waals surface area contributed by atoms with E-state index in [1.807, 2.05) is 0 Å². The van der Waals surface area contributed by atoms with Gasteiger partial charge < -0.3 is 9.64 Å². The first-order chi connectivity index (χ1) is 9.87. The quantitative estimate of drug-likeness (QED) is 0.735. The van der Waals surface area contributed by atoms with Crippen molar-refractivity contribution in [2.24, 2.45) is 5.92 Å². The average molecular weight is 346 g/mol. The molecule has 6 nitrogen and oxygen atoms in total. The summed E-state index contributed by atoms with van der Waals surface area (Å²) in [6.45, 7) is 1.87. The lowest BCUT2D eigenvalue weighted by Crippen LogP contribution is -2.43. The third-order valence-electron chi connectivity index (χ3n) is 3.47. The fourth-order valence-corrected chi connectivity index (χ4v) is 3.76. The Kier molecular flexibility index (Phi) is 5.85. The molecule has 1 saturated heterocycles. The van der Waals surface area contributed by atoms with E-state index in [-0.39, 0.29) is 12.7 Å². The highest BCUT2D eigenvalue weighted by Crippen LogP contribution is 2.37. The van der Waals surface area contributed by atoms with E-state index >= 15 is 0 Å². The molecule has 1 aliphatic rings. The SMILES string of the molecule is CC(C)OCC(=O)N1C[C@H](C(F)(F)F)[C@@H](S(=O)(=O)N(C)C)C1. The predicted octanol–water partition coefficient (Wildman–Crippen LogP) is 0.692. The molecule has 0 saturated carbocycles. The molecule has 1 fully saturated rings. The lowest BCUT2D eigenvalue weighted by Gasteiger charge is -2.23. The van der Waals surface area contributed by atoms with Gasteiger partial charge in [-0.15, -0.1) is 0 Å². The molecule has 10 heteroatoms. The van der Waals surface area contributed by atoms with Crippen LogP contribution in [-0.2, 0) is 19.6 Å². The molecular formula is C12H21F3N2O4S. The minimum absolute atomic E-state index is 0.244. The zero-order valence-corrected chi connectivity index (χ0v) is 13.7.